The van der Waals surface area contributed by atoms with Crippen molar-refractivity contribution < 1.29 is 9.59 Å². The number of carbonyl (C=O) groups is 2. The molecule has 15 heavy (non-hydrogen) atoms. The molecule has 1 aromatic heterocycles. The van der Waals surface area contributed by atoms with Crippen LogP contribution in [0.3, 0.4) is 0 Å². The van der Waals surface area contributed by atoms with Crippen LogP contribution in [0.15, 0.2) is 24.4 Å². The zero-order chi connectivity index (χ0) is 10.8. The monoisotopic (exact) mass is 204 g/mol. The van der Waals surface area contributed by atoms with Crippen molar-refractivity contribution in [2.24, 2.45) is 5.73 Å². The molecule has 2 rings (SSSR count). The normalized spacial score (nSPS) is 10.1. The SMILES string of the molecule is NC(=O)C(=O)Nc1ccc2cn[nH]c2c1. The topological polar surface area (TPSA) is 101 Å². The van der Waals surface area contributed by atoms with Crippen molar-refractivity contribution in [3.63, 3.8) is 0 Å². The summed E-state index contributed by atoms with van der Waals surface area (Å²) in [5.41, 5.74) is 6.08. The van der Waals surface area contributed by atoms with E-state index in [-0.39, 0.29) is 0 Å². The molecule has 1 aromatic carbocycles. The molecule has 76 valence electrons. The van der Waals surface area contributed by atoms with E-state index in [0.717, 1.165) is 10.9 Å². The van der Waals surface area contributed by atoms with Gasteiger partial charge in [-0.3, -0.25) is 14.7 Å². The molecular formula is C9H8N4O2. The number of nitrogens with zero attached hydrogens (tertiary/aromatic N) is 1. The van der Waals surface area contributed by atoms with Gasteiger partial charge in [-0.05, 0) is 18.2 Å². The van der Waals surface area contributed by atoms with Crippen molar-refractivity contribution in [1.82, 2.24) is 10.2 Å². The van der Waals surface area contributed by atoms with Crippen LogP contribution in [0.25, 0.3) is 10.9 Å². The fourth-order valence-electron chi connectivity index (χ4n) is 1.21. The van der Waals surface area contributed by atoms with E-state index in [1.165, 1.54) is 0 Å². The Bertz CT molecular complexity index is 532. The Morgan fingerprint density at radius 3 is 2.93 bits per heavy atom. The summed E-state index contributed by atoms with van der Waals surface area (Å²) in [4.78, 5) is 21.5. The van der Waals surface area contributed by atoms with E-state index in [0.29, 0.717) is 5.69 Å². The zero-order valence-corrected chi connectivity index (χ0v) is 7.65. The Kier molecular flexibility index (Phi) is 2.09. The average molecular weight is 204 g/mol. The molecule has 0 spiro atoms. The molecule has 0 fully saturated rings. The van der Waals surface area contributed by atoms with E-state index in [1.807, 2.05) is 0 Å². The summed E-state index contributed by atoms with van der Waals surface area (Å²) in [5.74, 6) is -1.85. The summed E-state index contributed by atoms with van der Waals surface area (Å²) < 4.78 is 0. The Labute approximate surface area is 84.5 Å². The Morgan fingerprint density at radius 1 is 1.40 bits per heavy atom. The molecule has 0 aliphatic rings. The molecule has 4 N–H and O–H groups in total. The van der Waals surface area contributed by atoms with Gasteiger partial charge < -0.3 is 11.1 Å². The predicted octanol–water partition coefficient (Wildman–Crippen LogP) is -0.0133. The molecular weight excluding hydrogens is 196 g/mol. The van der Waals surface area contributed by atoms with Gasteiger partial charge >= 0.3 is 11.8 Å². The minimum Gasteiger partial charge on any atom is -0.361 e. The van der Waals surface area contributed by atoms with Gasteiger partial charge in [-0.25, -0.2) is 0 Å². The number of primary amides is 1. The Morgan fingerprint density at radius 2 is 2.20 bits per heavy atom. The number of aromatic amines is 1. The number of carbonyl (C=O) groups excluding carboxylic acids is 2. The summed E-state index contributed by atoms with van der Waals surface area (Å²) in [6.07, 6.45) is 1.66. The number of amides is 2. The minimum absolute atomic E-state index is 0.496. The molecule has 0 unspecified atom stereocenters. The van der Waals surface area contributed by atoms with E-state index in [1.54, 1.807) is 24.4 Å². The van der Waals surface area contributed by atoms with E-state index in [4.69, 9.17) is 5.73 Å². The van der Waals surface area contributed by atoms with Gasteiger partial charge in [-0.2, -0.15) is 5.10 Å². The highest BCUT2D eigenvalue weighted by atomic mass is 16.2. The highest BCUT2D eigenvalue weighted by Gasteiger charge is 2.08. The van der Waals surface area contributed by atoms with Crippen molar-refractivity contribution in [3.8, 4) is 0 Å². The lowest BCUT2D eigenvalue weighted by Gasteiger charge is -2.01. The van der Waals surface area contributed by atoms with Crippen molar-refractivity contribution in [1.29, 1.82) is 0 Å². The van der Waals surface area contributed by atoms with E-state index in [2.05, 4.69) is 15.5 Å². The second-order valence-electron chi connectivity index (χ2n) is 2.99. The smallest absolute Gasteiger partial charge is 0.313 e. The lowest BCUT2D eigenvalue weighted by atomic mass is 10.2. The summed E-state index contributed by atoms with van der Waals surface area (Å²) in [6.45, 7) is 0. The first-order valence-electron chi connectivity index (χ1n) is 4.21. The first kappa shape index (κ1) is 9.20. The number of nitrogens with one attached hydrogen (secondary N) is 2. The zero-order valence-electron chi connectivity index (χ0n) is 7.65. The van der Waals surface area contributed by atoms with Gasteiger partial charge in [-0.15, -0.1) is 0 Å². The second kappa shape index (κ2) is 3.41. The minimum atomic E-state index is -1.01. The summed E-state index contributed by atoms with van der Waals surface area (Å²) in [6, 6.07) is 5.11. The number of hydrogen-bond acceptors (Lipinski definition) is 3. The van der Waals surface area contributed by atoms with E-state index in [9.17, 15) is 9.59 Å². The molecule has 0 saturated carbocycles. The molecule has 0 radical (unpaired) electrons. The summed E-state index contributed by atoms with van der Waals surface area (Å²) in [5, 5.41) is 9.86. The quantitative estimate of drug-likeness (QED) is 0.569. The van der Waals surface area contributed by atoms with Gasteiger partial charge in [0.15, 0.2) is 0 Å². The maximum atomic E-state index is 11.0. The Balaban J connectivity index is 2.28. The maximum Gasteiger partial charge on any atom is 0.313 e. The molecule has 0 atom stereocenters. The number of aromatic nitrogens is 2. The number of H-pyrrole nitrogens is 1. The van der Waals surface area contributed by atoms with Crippen molar-refractivity contribution in [3.05, 3.63) is 24.4 Å². The molecule has 0 saturated heterocycles. The highest BCUT2D eigenvalue weighted by Crippen LogP contribution is 2.16. The van der Waals surface area contributed by atoms with Gasteiger partial charge in [0.25, 0.3) is 0 Å². The lowest BCUT2D eigenvalue weighted by molar-refractivity contribution is -0.134. The van der Waals surface area contributed by atoms with Gasteiger partial charge in [0, 0.05) is 11.1 Å². The van der Waals surface area contributed by atoms with Crippen LogP contribution in [0.4, 0.5) is 5.69 Å². The molecule has 1 heterocycles. The summed E-state index contributed by atoms with van der Waals surface area (Å²) >= 11 is 0. The van der Waals surface area contributed by atoms with Gasteiger partial charge in [0.1, 0.15) is 0 Å². The second-order valence-corrected chi connectivity index (χ2v) is 2.99. The van der Waals surface area contributed by atoms with Crippen LogP contribution in [0.5, 0.6) is 0 Å². The standard InChI is InChI=1S/C9H8N4O2/c10-8(14)9(15)12-6-2-1-5-4-11-13-7(5)3-6/h1-4H,(H2,10,14)(H,11,13)(H,12,15). The van der Waals surface area contributed by atoms with Crippen LogP contribution < -0.4 is 11.1 Å². The number of rotatable bonds is 1. The average Bonchev–Trinajstić information content (AvgIpc) is 2.64. The molecule has 0 aliphatic heterocycles. The van der Waals surface area contributed by atoms with E-state index >= 15 is 0 Å². The molecule has 2 aromatic rings. The number of fused-ring (bicyclic) bond motifs is 1. The van der Waals surface area contributed by atoms with Crippen LogP contribution in [-0.4, -0.2) is 22.0 Å². The van der Waals surface area contributed by atoms with Crippen molar-refractivity contribution in [2.75, 3.05) is 5.32 Å². The first-order chi connectivity index (χ1) is 7.16. The first-order valence-corrected chi connectivity index (χ1v) is 4.21. The van der Waals surface area contributed by atoms with E-state index < -0.39 is 11.8 Å². The number of benzene rings is 1. The van der Waals surface area contributed by atoms with Gasteiger partial charge in [-0.1, -0.05) is 0 Å². The van der Waals surface area contributed by atoms with Crippen LogP contribution >= 0.6 is 0 Å². The molecule has 0 bridgehead atoms. The van der Waals surface area contributed by atoms with Crippen LogP contribution in [-0.2, 0) is 9.59 Å². The van der Waals surface area contributed by atoms with Crippen LogP contribution in [0, 0.1) is 0 Å². The largest absolute Gasteiger partial charge is 0.361 e. The maximum absolute atomic E-state index is 11.0. The summed E-state index contributed by atoms with van der Waals surface area (Å²) in [7, 11) is 0. The lowest BCUT2D eigenvalue weighted by Crippen LogP contribution is -2.29. The van der Waals surface area contributed by atoms with Crippen molar-refractivity contribution in [2.45, 2.75) is 0 Å². The third-order valence-corrected chi connectivity index (χ3v) is 1.92. The molecule has 0 aliphatic carbocycles. The number of nitrogens with two attached hydrogens (primary N) is 1. The predicted molar refractivity (Wildman–Crippen MR) is 53.9 cm³/mol. The fraction of sp³-hybridized carbons (Fsp3) is 0. The number of hydrogen-bond donors (Lipinski definition) is 3. The highest BCUT2D eigenvalue weighted by molar-refractivity contribution is 6.39. The number of anilines is 1. The van der Waals surface area contributed by atoms with Crippen LogP contribution in [0.2, 0.25) is 0 Å². The third-order valence-electron chi connectivity index (χ3n) is 1.92. The molecule has 2 amide bonds. The third kappa shape index (κ3) is 1.78. The fourth-order valence-corrected chi connectivity index (χ4v) is 1.21. The van der Waals surface area contributed by atoms with Crippen molar-refractivity contribution >= 4 is 28.4 Å². The van der Waals surface area contributed by atoms with Gasteiger partial charge in [0.05, 0.1) is 11.7 Å². The van der Waals surface area contributed by atoms with Gasteiger partial charge in [0.2, 0.25) is 0 Å². The van der Waals surface area contributed by atoms with Crippen LogP contribution in [0.1, 0.15) is 0 Å². The molecule has 6 heteroatoms. The Hall–Kier alpha value is -2.37. The molecule has 6 nitrogen and oxygen atoms in total.